The van der Waals surface area contributed by atoms with Crippen molar-refractivity contribution in [3.8, 4) is 5.75 Å². The van der Waals surface area contributed by atoms with Gasteiger partial charge in [-0.05, 0) is 18.6 Å². The molecule has 1 aromatic carbocycles. The van der Waals surface area contributed by atoms with Gasteiger partial charge >= 0.3 is 11.6 Å². The predicted octanol–water partition coefficient (Wildman–Crippen LogP) is 2.07. The van der Waals surface area contributed by atoms with Crippen molar-refractivity contribution < 1.29 is 19.1 Å². The molecule has 0 fully saturated rings. The van der Waals surface area contributed by atoms with Gasteiger partial charge in [-0.25, -0.2) is 9.78 Å². The van der Waals surface area contributed by atoms with Gasteiger partial charge in [-0.3, -0.25) is 4.79 Å². The minimum absolute atomic E-state index is 0.0226. The number of methoxy groups -OCH3 is 1. The smallest absolute Gasteiger partial charge is 0.347 e. The molecule has 1 heterocycles. The standard InChI is InChI=1S/C13H13NO5S/c1-7-5-8(18-2)6-9-11(7)12(17)19-13(14-9)20-4-3-10(15)16/h5-6H,3-4H2,1-2H3,(H,15,16). The minimum Gasteiger partial charge on any atom is -0.497 e. The van der Waals surface area contributed by atoms with E-state index in [4.69, 9.17) is 14.3 Å². The van der Waals surface area contributed by atoms with E-state index < -0.39 is 11.6 Å². The topological polar surface area (TPSA) is 89.6 Å². The number of thioether (sulfide) groups is 1. The normalized spacial score (nSPS) is 10.7. The molecule has 2 rings (SSSR count). The van der Waals surface area contributed by atoms with E-state index in [2.05, 4.69) is 4.98 Å². The summed E-state index contributed by atoms with van der Waals surface area (Å²) in [4.78, 5) is 26.6. The van der Waals surface area contributed by atoms with Crippen LogP contribution in [0.5, 0.6) is 5.75 Å². The number of nitrogens with zero attached hydrogens (tertiary/aromatic N) is 1. The van der Waals surface area contributed by atoms with Crippen LogP contribution < -0.4 is 10.4 Å². The number of hydrogen-bond acceptors (Lipinski definition) is 6. The Bertz CT molecular complexity index is 710. The molecule has 0 radical (unpaired) electrons. The summed E-state index contributed by atoms with van der Waals surface area (Å²) in [5, 5.41) is 9.15. The first-order valence-electron chi connectivity index (χ1n) is 5.85. The summed E-state index contributed by atoms with van der Waals surface area (Å²) in [6.07, 6.45) is -0.0226. The third-order valence-corrected chi connectivity index (χ3v) is 3.49. The van der Waals surface area contributed by atoms with Gasteiger partial charge in [0, 0.05) is 11.8 Å². The first-order valence-corrected chi connectivity index (χ1v) is 6.84. The number of carboxylic acid groups (broad SMARTS) is 1. The lowest BCUT2D eigenvalue weighted by Crippen LogP contribution is -2.05. The van der Waals surface area contributed by atoms with Gasteiger partial charge in [0.25, 0.3) is 5.22 Å². The number of carboxylic acids is 1. The highest BCUT2D eigenvalue weighted by atomic mass is 32.2. The maximum Gasteiger partial charge on any atom is 0.347 e. The summed E-state index contributed by atoms with van der Waals surface area (Å²) in [6, 6.07) is 3.39. The number of benzene rings is 1. The number of fused-ring (bicyclic) bond motifs is 1. The van der Waals surface area contributed by atoms with Crippen LogP contribution in [-0.2, 0) is 4.79 Å². The van der Waals surface area contributed by atoms with Crippen molar-refractivity contribution in [2.45, 2.75) is 18.6 Å². The van der Waals surface area contributed by atoms with Crippen LogP contribution in [-0.4, -0.2) is 28.9 Å². The molecule has 0 atom stereocenters. The molecule has 1 N–H and O–H groups in total. The number of aliphatic carboxylic acids is 1. The Hall–Kier alpha value is -2.02. The van der Waals surface area contributed by atoms with Crippen LogP contribution in [0.3, 0.4) is 0 Å². The second-order valence-corrected chi connectivity index (χ2v) is 5.14. The maximum absolute atomic E-state index is 11.9. The highest BCUT2D eigenvalue weighted by molar-refractivity contribution is 7.99. The van der Waals surface area contributed by atoms with Crippen molar-refractivity contribution in [1.29, 1.82) is 0 Å². The Morgan fingerprint density at radius 2 is 2.25 bits per heavy atom. The van der Waals surface area contributed by atoms with E-state index in [9.17, 15) is 9.59 Å². The zero-order valence-corrected chi connectivity index (χ0v) is 11.8. The van der Waals surface area contributed by atoms with Crippen LogP contribution in [0.15, 0.2) is 26.6 Å². The van der Waals surface area contributed by atoms with Crippen molar-refractivity contribution >= 4 is 28.6 Å². The molecule has 0 aliphatic rings. The molecule has 0 spiro atoms. The maximum atomic E-state index is 11.9. The largest absolute Gasteiger partial charge is 0.497 e. The highest BCUT2D eigenvalue weighted by Gasteiger charge is 2.11. The van der Waals surface area contributed by atoms with Crippen LogP contribution >= 0.6 is 11.8 Å². The number of carbonyl (C=O) groups is 1. The third kappa shape index (κ3) is 3.11. The summed E-state index contributed by atoms with van der Waals surface area (Å²) >= 11 is 1.10. The monoisotopic (exact) mass is 295 g/mol. The van der Waals surface area contributed by atoms with Crippen molar-refractivity contribution in [3.05, 3.63) is 28.1 Å². The fourth-order valence-corrected chi connectivity index (χ4v) is 2.50. The van der Waals surface area contributed by atoms with E-state index in [1.54, 1.807) is 19.1 Å². The minimum atomic E-state index is -0.904. The molecule has 7 heteroatoms. The van der Waals surface area contributed by atoms with Gasteiger partial charge in [-0.1, -0.05) is 11.8 Å². The average molecular weight is 295 g/mol. The van der Waals surface area contributed by atoms with Gasteiger partial charge in [0.1, 0.15) is 5.75 Å². The van der Waals surface area contributed by atoms with Gasteiger partial charge < -0.3 is 14.3 Å². The molecule has 0 aliphatic carbocycles. The lowest BCUT2D eigenvalue weighted by molar-refractivity contribution is -0.136. The fourth-order valence-electron chi connectivity index (χ4n) is 1.75. The number of rotatable bonds is 5. The van der Waals surface area contributed by atoms with E-state index in [-0.39, 0.29) is 11.6 Å². The van der Waals surface area contributed by atoms with Crippen LogP contribution in [0.2, 0.25) is 0 Å². The molecule has 0 bridgehead atoms. The average Bonchev–Trinajstić information content (AvgIpc) is 2.37. The number of aryl methyl sites for hydroxylation is 1. The molecule has 0 saturated heterocycles. The molecule has 106 valence electrons. The predicted molar refractivity (Wildman–Crippen MR) is 74.5 cm³/mol. The van der Waals surface area contributed by atoms with Gasteiger partial charge in [-0.15, -0.1) is 0 Å². The summed E-state index contributed by atoms with van der Waals surface area (Å²) in [5.41, 5.74) is 0.728. The van der Waals surface area contributed by atoms with Crippen molar-refractivity contribution in [1.82, 2.24) is 4.98 Å². The zero-order chi connectivity index (χ0) is 14.7. The molecule has 2 aromatic rings. The van der Waals surface area contributed by atoms with Crippen molar-refractivity contribution in [3.63, 3.8) is 0 Å². The third-order valence-electron chi connectivity index (χ3n) is 2.66. The fraction of sp³-hybridized carbons (Fsp3) is 0.308. The second-order valence-electron chi connectivity index (χ2n) is 4.10. The Balaban J connectivity index is 2.40. The van der Waals surface area contributed by atoms with Crippen molar-refractivity contribution in [2.24, 2.45) is 0 Å². The van der Waals surface area contributed by atoms with Gasteiger partial charge in [0.05, 0.1) is 24.4 Å². The van der Waals surface area contributed by atoms with Crippen LogP contribution in [0.1, 0.15) is 12.0 Å². The van der Waals surface area contributed by atoms with E-state index in [0.717, 1.165) is 17.3 Å². The zero-order valence-electron chi connectivity index (χ0n) is 11.0. The highest BCUT2D eigenvalue weighted by Crippen LogP contribution is 2.24. The van der Waals surface area contributed by atoms with E-state index in [0.29, 0.717) is 22.4 Å². The molecule has 20 heavy (non-hydrogen) atoms. The second kappa shape index (κ2) is 5.96. The van der Waals surface area contributed by atoms with Crippen LogP contribution in [0, 0.1) is 6.92 Å². The summed E-state index contributed by atoms with van der Waals surface area (Å²) in [7, 11) is 1.54. The first-order chi connectivity index (χ1) is 9.51. The first kappa shape index (κ1) is 14.4. The summed E-state index contributed by atoms with van der Waals surface area (Å²) in [6.45, 7) is 1.78. The van der Waals surface area contributed by atoms with Crippen LogP contribution in [0.25, 0.3) is 10.9 Å². The van der Waals surface area contributed by atoms with Crippen molar-refractivity contribution in [2.75, 3.05) is 12.9 Å². The number of aromatic nitrogens is 1. The van der Waals surface area contributed by atoms with E-state index in [1.807, 2.05) is 0 Å². The molecular weight excluding hydrogens is 282 g/mol. The quantitative estimate of drug-likeness (QED) is 0.844. The van der Waals surface area contributed by atoms with E-state index >= 15 is 0 Å². The molecule has 0 saturated carbocycles. The van der Waals surface area contributed by atoms with Gasteiger partial charge in [0.15, 0.2) is 0 Å². The Labute approximate surface area is 118 Å². The number of hydrogen-bond donors (Lipinski definition) is 1. The molecule has 0 amide bonds. The summed E-state index contributed by atoms with van der Waals surface area (Å²) < 4.78 is 10.2. The molecule has 0 aliphatic heterocycles. The lowest BCUT2D eigenvalue weighted by atomic mass is 10.1. The van der Waals surface area contributed by atoms with Crippen LogP contribution in [0.4, 0.5) is 0 Å². The molecular formula is C13H13NO5S. The Morgan fingerprint density at radius 3 is 2.90 bits per heavy atom. The number of ether oxygens (including phenoxy) is 1. The van der Waals surface area contributed by atoms with E-state index in [1.165, 1.54) is 7.11 Å². The Morgan fingerprint density at radius 1 is 1.50 bits per heavy atom. The van der Waals surface area contributed by atoms with Gasteiger partial charge in [-0.2, -0.15) is 0 Å². The Kier molecular flexibility index (Phi) is 4.29. The molecule has 6 nitrogen and oxygen atoms in total. The SMILES string of the molecule is COc1cc(C)c2c(=O)oc(SCCC(=O)O)nc2c1. The molecule has 0 unspecified atom stereocenters. The van der Waals surface area contributed by atoms with Gasteiger partial charge in [0.2, 0.25) is 0 Å². The molecule has 1 aromatic heterocycles. The summed E-state index contributed by atoms with van der Waals surface area (Å²) in [5.74, 6) is -0.00699. The lowest BCUT2D eigenvalue weighted by Gasteiger charge is -2.05.